The average molecular weight is 353 g/mol. The number of benzene rings is 2. The molecule has 2 aromatic rings. The van der Waals surface area contributed by atoms with Crippen LogP contribution in [-0.2, 0) is 4.79 Å². The molecule has 1 amide bonds. The van der Waals surface area contributed by atoms with E-state index in [1.165, 1.54) is 11.6 Å². The number of carbonyl (C=O) groups is 1. The summed E-state index contributed by atoms with van der Waals surface area (Å²) in [5.41, 5.74) is 5.03. The highest BCUT2D eigenvalue weighted by atomic mass is 16.5. The lowest BCUT2D eigenvalue weighted by Gasteiger charge is -2.14. The maximum atomic E-state index is 12.3. The Morgan fingerprint density at radius 1 is 1.04 bits per heavy atom. The molecule has 0 aliphatic carbocycles. The molecular formula is C22H27NO3. The fourth-order valence-electron chi connectivity index (χ4n) is 2.85. The van der Waals surface area contributed by atoms with Gasteiger partial charge in [0.2, 0.25) is 5.91 Å². The van der Waals surface area contributed by atoms with Gasteiger partial charge < -0.3 is 14.8 Å². The van der Waals surface area contributed by atoms with Crippen molar-refractivity contribution in [3.8, 4) is 11.5 Å². The fraction of sp³-hybridized carbons (Fsp3) is 0.318. The summed E-state index contributed by atoms with van der Waals surface area (Å²) in [6.07, 6.45) is 3.35. The normalized spacial score (nSPS) is 11.0. The lowest BCUT2D eigenvalue weighted by Crippen LogP contribution is -2.10. The number of amides is 1. The zero-order valence-electron chi connectivity index (χ0n) is 16.3. The number of carbonyl (C=O) groups excluding carboxylic acids is 1. The molecule has 0 aromatic heterocycles. The summed E-state index contributed by atoms with van der Waals surface area (Å²) in [6, 6.07) is 9.72. The van der Waals surface area contributed by atoms with Crippen LogP contribution in [0.1, 0.15) is 36.1 Å². The molecule has 2 rings (SSSR count). The molecule has 4 heteroatoms. The second kappa shape index (κ2) is 8.56. The van der Waals surface area contributed by atoms with Crippen molar-refractivity contribution >= 4 is 17.7 Å². The SMILES string of the molecule is COc1cc(C=CC(=O)Nc2c(C)cc(C)cc2C)ccc1OC(C)C. The predicted molar refractivity (Wildman–Crippen MR) is 107 cm³/mol. The van der Waals surface area contributed by atoms with Gasteiger partial charge in [0.1, 0.15) is 0 Å². The van der Waals surface area contributed by atoms with Gasteiger partial charge in [0.15, 0.2) is 11.5 Å². The topological polar surface area (TPSA) is 47.6 Å². The van der Waals surface area contributed by atoms with E-state index in [2.05, 4.69) is 17.4 Å². The maximum absolute atomic E-state index is 12.3. The minimum atomic E-state index is -0.165. The molecule has 4 nitrogen and oxygen atoms in total. The first-order valence-electron chi connectivity index (χ1n) is 8.71. The van der Waals surface area contributed by atoms with Crippen LogP contribution in [0.25, 0.3) is 6.08 Å². The molecule has 26 heavy (non-hydrogen) atoms. The van der Waals surface area contributed by atoms with Crippen LogP contribution in [0, 0.1) is 20.8 Å². The highest BCUT2D eigenvalue weighted by molar-refractivity contribution is 6.02. The van der Waals surface area contributed by atoms with Crippen molar-refractivity contribution < 1.29 is 14.3 Å². The van der Waals surface area contributed by atoms with Gasteiger partial charge >= 0.3 is 0 Å². The monoisotopic (exact) mass is 353 g/mol. The van der Waals surface area contributed by atoms with Crippen molar-refractivity contribution in [2.24, 2.45) is 0 Å². The first kappa shape index (κ1) is 19.6. The molecule has 0 heterocycles. The highest BCUT2D eigenvalue weighted by Gasteiger charge is 2.08. The standard InChI is InChI=1S/C22H27NO3/c1-14(2)26-19-9-7-18(13-20(19)25-6)8-10-21(24)23-22-16(4)11-15(3)12-17(22)5/h7-14H,1-6H3,(H,23,24). The largest absolute Gasteiger partial charge is 0.493 e. The van der Waals surface area contributed by atoms with E-state index in [0.29, 0.717) is 11.5 Å². The maximum Gasteiger partial charge on any atom is 0.248 e. The van der Waals surface area contributed by atoms with Crippen LogP contribution in [-0.4, -0.2) is 19.1 Å². The molecule has 0 bridgehead atoms. The number of anilines is 1. The molecule has 1 N–H and O–H groups in total. The minimum Gasteiger partial charge on any atom is -0.493 e. The van der Waals surface area contributed by atoms with Crippen LogP contribution < -0.4 is 14.8 Å². The molecule has 0 saturated carbocycles. The summed E-state index contributed by atoms with van der Waals surface area (Å²) in [4.78, 5) is 12.3. The van der Waals surface area contributed by atoms with E-state index in [1.54, 1.807) is 13.2 Å². The van der Waals surface area contributed by atoms with E-state index in [4.69, 9.17) is 9.47 Å². The van der Waals surface area contributed by atoms with E-state index >= 15 is 0 Å². The summed E-state index contributed by atoms with van der Waals surface area (Å²) < 4.78 is 11.1. The molecule has 0 fully saturated rings. The van der Waals surface area contributed by atoms with Crippen molar-refractivity contribution in [3.05, 3.63) is 58.7 Å². The third kappa shape index (κ3) is 5.12. The Labute approximate surface area is 155 Å². The van der Waals surface area contributed by atoms with Crippen molar-refractivity contribution in [1.82, 2.24) is 0 Å². The van der Waals surface area contributed by atoms with Crippen LogP contribution in [0.3, 0.4) is 0 Å². The minimum absolute atomic E-state index is 0.0667. The van der Waals surface area contributed by atoms with Crippen molar-refractivity contribution in [2.45, 2.75) is 40.7 Å². The zero-order valence-corrected chi connectivity index (χ0v) is 16.3. The molecular weight excluding hydrogens is 326 g/mol. The number of nitrogens with one attached hydrogen (secondary N) is 1. The Hall–Kier alpha value is -2.75. The third-order valence-corrected chi connectivity index (χ3v) is 3.90. The number of ether oxygens (including phenoxy) is 2. The molecule has 0 aliphatic rings. The van der Waals surface area contributed by atoms with Gasteiger partial charge in [-0.1, -0.05) is 23.8 Å². The Morgan fingerprint density at radius 3 is 2.27 bits per heavy atom. The molecule has 0 spiro atoms. The van der Waals surface area contributed by atoms with Gasteiger partial charge in [-0.2, -0.15) is 0 Å². The third-order valence-electron chi connectivity index (χ3n) is 3.90. The van der Waals surface area contributed by atoms with Crippen LogP contribution in [0.5, 0.6) is 11.5 Å². The van der Waals surface area contributed by atoms with Crippen LogP contribution in [0.4, 0.5) is 5.69 Å². The van der Waals surface area contributed by atoms with Crippen molar-refractivity contribution in [2.75, 3.05) is 12.4 Å². The number of hydrogen-bond acceptors (Lipinski definition) is 3. The summed E-state index contributed by atoms with van der Waals surface area (Å²) >= 11 is 0. The second-order valence-corrected chi connectivity index (χ2v) is 6.67. The Bertz CT molecular complexity index is 799. The number of rotatable bonds is 6. The van der Waals surface area contributed by atoms with Gasteiger partial charge in [0.25, 0.3) is 0 Å². The van der Waals surface area contributed by atoms with E-state index < -0.39 is 0 Å². The predicted octanol–water partition coefficient (Wildman–Crippen LogP) is 5.06. The van der Waals surface area contributed by atoms with Crippen LogP contribution >= 0.6 is 0 Å². The lowest BCUT2D eigenvalue weighted by molar-refractivity contribution is -0.111. The Kier molecular flexibility index (Phi) is 6.45. The molecule has 2 aromatic carbocycles. The summed E-state index contributed by atoms with van der Waals surface area (Å²) in [5, 5.41) is 2.96. The fourth-order valence-corrected chi connectivity index (χ4v) is 2.85. The van der Waals surface area contributed by atoms with E-state index in [0.717, 1.165) is 22.4 Å². The molecule has 0 atom stereocenters. The smallest absolute Gasteiger partial charge is 0.248 e. The number of aryl methyl sites for hydroxylation is 3. The first-order chi connectivity index (χ1) is 12.3. The Balaban J connectivity index is 2.13. The van der Waals surface area contributed by atoms with Crippen LogP contribution in [0.2, 0.25) is 0 Å². The van der Waals surface area contributed by atoms with Gasteiger partial charge in [-0.25, -0.2) is 0 Å². The van der Waals surface area contributed by atoms with Gasteiger partial charge in [0, 0.05) is 11.8 Å². The van der Waals surface area contributed by atoms with Gasteiger partial charge in [-0.15, -0.1) is 0 Å². The van der Waals surface area contributed by atoms with Crippen LogP contribution in [0.15, 0.2) is 36.4 Å². The van der Waals surface area contributed by atoms with Gasteiger partial charge in [0.05, 0.1) is 13.2 Å². The first-order valence-corrected chi connectivity index (χ1v) is 8.71. The zero-order chi connectivity index (χ0) is 19.3. The summed E-state index contributed by atoms with van der Waals surface area (Å²) in [6.45, 7) is 9.97. The molecule has 138 valence electrons. The van der Waals surface area contributed by atoms with Gasteiger partial charge in [-0.05, 0) is 69.5 Å². The molecule has 0 radical (unpaired) electrons. The second-order valence-electron chi connectivity index (χ2n) is 6.67. The van der Waals surface area contributed by atoms with E-state index in [9.17, 15) is 4.79 Å². The molecule has 0 unspecified atom stereocenters. The summed E-state index contributed by atoms with van der Waals surface area (Å²) in [7, 11) is 1.60. The van der Waals surface area contributed by atoms with Crippen molar-refractivity contribution in [3.63, 3.8) is 0 Å². The molecule has 0 aliphatic heterocycles. The summed E-state index contributed by atoms with van der Waals surface area (Å²) in [5.74, 6) is 1.17. The quantitative estimate of drug-likeness (QED) is 0.739. The number of hydrogen-bond donors (Lipinski definition) is 1. The van der Waals surface area contributed by atoms with E-state index in [-0.39, 0.29) is 12.0 Å². The van der Waals surface area contributed by atoms with E-state index in [1.807, 2.05) is 52.8 Å². The Morgan fingerprint density at radius 2 is 1.69 bits per heavy atom. The highest BCUT2D eigenvalue weighted by Crippen LogP contribution is 2.29. The van der Waals surface area contributed by atoms with Gasteiger partial charge in [-0.3, -0.25) is 4.79 Å². The number of methoxy groups -OCH3 is 1. The molecule has 0 saturated heterocycles. The average Bonchev–Trinajstić information content (AvgIpc) is 2.56. The lowest BCUT2D eigenvalue weighted by atomic mass is 10.1. The van der Waals surface area contributed by atoms with Crippen molar-refractivity contribution in [1.29, 1.82) is 0 Å².